The van der Waals surface area contributed by atoms with Gasteiger partial charge in [0, 0.05) is 6.04 Å². The van der Waals surface area contributed by atoms with E-state index in [9.17, 15) is 9.59 Å². The Bertz CT molecular complexity index is 820. The predicted octanol–water partition coefficient (Wildman–Crippen LogP) is 3.93. The standard InChI is InChI=1S/C25H32N2O3/c1-19(28)23(17-20-9-5-3-6-10-20)26-25(29)18-27-16-8-4-7-11-24(27)21-12-14-22(30-2)15-13-21/h3,5-6,9-10,12-15,23-24H,4,7-8,11,16-18H2,1-2H3,(H,26,29)/t23-,24+/m0/s1. The second kappa shape index (κ2) is 10.9. The minimum absolute atomic E-state index is 0.0187. The van der Waals surface area contributed by atoms with Crippen LogP contribution in [0.2, 0.25) is 0 Å². The zero-order valence-corrected chi connectivity index (χ0v) is 18.0. The number of benzene rings is 2. The summed E-state index contributed by atoms with van der Waals surface area (Å²) in [6, 6.07) is 17.7. The summed E-state index contributed by atoms with van der Waals surface area (Å²) in [7, 11) is 1.66. The van der Waals surface area contributed by atoms with E-state index in [2.05, 4.69) is 22.3 Å². The second-order valence-corrected chi connectivity index (χ2v) is 8.03. The van der Waals surface area contributed by atoms with Gasteiger partial charge in [-0.25, -0.2) is 0 Å². The van der Waals surface area contributed by atoms with Crippen molar-refractivity contribution in [1.29, 1.82) is 0 Å². The maximum Gasteiger partial charge on any atom is 0.234 e. The van der Waals surface area contributed by atoms with E-state index in [0.29, 0.717) is 13.0 Å². The number of nitrogens with one attached hydrogen (secondary N) is 1. The van der Waals surface area contributed by atoms with E-state index in [1.54, 1.807) is 14.0 Å². The van der Waals surface area contributed by atoms with Gasteiger partial charge in [-0.05, 0) is 56.0 Å². The number of amides is 1. The van der Waals surface area contributed by atoms with Gasteiger partial charge in [0.05, 0.1) is 19.7 Å². The Morgan fingerprint density at radius 2 is 1.80 bits per heavy atom. The van der Waals surface area contributed by atoms with Crippen LogP contribution in [-0.4, -0.2) is 42.8 Å². The number of carbonyl (C=O) groups is 2. The Kier molecular flexibility index (Phi) is 8.03. The molecule has 5 nitrogen and oxygen atoms in total. The highest BCUT2D eigenvalue weighted by Crippen LogP contribution is 2.30. The summed E-state index contributed by atoms with van der Waals surface area (Å²) >= 11 is 0. The SMILES string of the molecule is COc1ccc([C@H]2CCCCCN2CC(=O)N[C@@H](Cc2ccccc2)C(C)=O)cc1. The summed E-state index contributed by atoms with van der Waals surface area (Å²) in [4.78, 5) is 27.3. The van der Waals surface area contributed by atoms with Crippen molar-refractivity contribution in [2.45, 2.75) is 51.1 Å². The topological polar surface area (TPSA) is 58.6 Å². The maximum atomic E-state index is 12.9. The Morgan fingerprint density at radius 3 is 2.47 bits per heavy atom. The van der Waals surface area contributed by atoms with Crippen molar-refractivity contribution in [1.82, 2.24) is 10.2 Å². The van der Waals surface area contributed by atoms with Crippen LogP contribution >= 0.6 is 0 Å². The quantitative estimate of drug-likeness (QED) is 0.719. The molecule has 1 aliphatic heterocycles. The molecule has 1 fully saturated rings. The van der Waals surface area contributed by atoms with Gasteiger partial charge in [-0.1, -0.05) is 55.3 Å². The van der Waals surface area contributed by atoms with Crippen molar-refractivity contribution in [3.8, 4) is 5.75 Å². The fourth-order valence-electron chi connectivity index (χ4n) is 4.13. The molecular formula is C25H32N2O3. The number of likely N-dealkylation sites (tertiary alicyclic amines) is 1. The predicted molar refractivity (Wildman–Crippen MR) is 119 cm³/mol. The first-order chi connectivity index (χ1) is 14.6. The molecule has 1 saturated heterocycles. The Labute approximate surface area is 179 Å². The molecule has 1 heterocycles. The summed E-state index contributed by atoms with van der Waals surface area (Å²) in [5.41, 5.74) is 2.25. The normalized spacial score (nSPS) is 18.3. The van der Waals surface area contributed by atoms with Crippen LogP contribution in [0, 0.1) is 0 Å². The highest BCUT2D eigenvalue weighted by Gasteiger charge is 2.26. The first-order valence-corrected chi connectivity index (χ1v) is 10.8. The second-order valence-electron chi connectivity index (χ2n) is 8.03. The van der Waals surface area contributed by atoms with E-state index < -0.39 is 6.04 Å². The number of nitrogens with zero attached hydrogens (tertiary/aromatic N) is 1. The van der Waals surface area contributed by atoms with Crippen LogP contribution in [0.1, 0.15) is 49.8 Å². The van der Waals surface area contributed by atoms with Gasteiger partial charge in [0.15, 0.2) is 5.78 Å². The number of methoxy groups -OCH3 is 1. The molecule has 1 aliphatic rings. The zero-order valence-electron chi connectivity index (χ0n) is 18.0. The van der Waals surface area contributed by atoms with Gasteiger partial charge in [-0.15, -0.1) is 0 Å². The van der Waals surface area contributed by atoms with E-state index in [-0.39, 0.29) is 17.7 Å². The van der Waals surface area contributed by atoms with Crippen molar-refractivity contribution in [3.63, 3.8) is 0 Å². The summed E-state index contributed by atoms with van der Waals surface area (Å²) in [5.74, 6) is 0.725. The summed E-state index contributed by atoms with van der Waals surface area (Å²) in [6.45, 7) is 2.72. The van der Waals surface area contributed by atoms with E-state index in [1.165, 1.54) is 12.0 Å². The fourth-order valence-corrected chi connectivity index (χ4v) is 4.13. The highest BCUT2D eigenvalue weighted by atomic mass is 16.5. The number of hydrogen-bond acceptors (Lipinski definition) is 4. The van der Waals surface area contributed by atoms with E-state index in [1.807, 2.05) is 42.5 Å². The third-order valence-electron chi connectivity index (χ3n) is 5.82. The van der Waals surface area contributed by atoms with Gasteiger partial charge in [-0.2, -0.15) is 0 Å². The van der Waals surface area contributed by atoms with E-state index in [4.69, 9.17) is 4.74 Å². The van der Waals surface area contributed by atoms with Crippen molar-refractivity contribution in [2.75, 3.05) is 20.2 Å². The van der Waals surface area contributed by atoms with Gasteiger partial charge >= 0.3 is 0 Å². The van der Waals surface area contributed by atoms with Crippen molar-refractivity contribution in [3.05, 3.63) is 65.7 Å². The van der Waals surface area contributed by atoms with Crippen LogP contribution < -0.4 is 10.1 Å². The molecule has 0 spiro atoms. The molecule has 0 unspecified atom stereocenters. The number of hydrogen-bond donors (Lipinski definition) is 1. The van der Waals surface area contributed by atoms with Crippen LogP contribution in [0.15, 0.2) is 54.6 Å². The first kappa shape index (κ1) is 22.0. The lowest BCUT2D eigenvalue weighted by Crippen LogP contribution is -2.46. The molecule has 0 saturated carbocycles. The molecule has 0 aliphatic carbocycles. The first-order valence-electron chi connectivity index (χ1n) is 10.8. The molecule has 160 valence electrons. The monoisotopic (exact) mass is 408 g/mol. The highest BCUT2D eigenvalue weighted by molar-refractivity contribution is 5.88. The molecule has 5 heteroatoms. The van der Waals surface area contributed by atoms with Crippen LogP contribution in [-0.2, 0) is 16.0 Å². The van der Waals surface area contributed by atoms with Crippen molar-refractivity contribution < 1.29 is 14.3 Å². The number of carbonyl (C=O) groups excluding carboxylic acids is 2. The number of ketones is 1. The van der Waals surface area contributed by atoms with Crippen LogP contribution in [0.25, 0.3) is 0 Å². The number of ether oxygens (including phenoxy) is 1. The Hall–Kier alpha value is -2.66. The van der Waals surface area contributed by atoms with Crippen LogP contribution in [0.3, 0.4) is 0 Å². The molecule has 0 aromatic heterocycles. The zero-order chi connectivity index (χ0) is 21.3. The average molecular weight is 409 g/mol. The molecule has 1 N–H and O–H groups in total. The van der Waals surface area contributed by atoms with Gasteiger partial charge < -0.3 is 10.1 Å². The molecular weight excluding hydrogens is 376 g/mol. The third kappa shape index (κ3) is 6.17. The molecule has 0 bridgehead atoms. The number of Topliss-reactive ketones (excluding diaryl/α,β-unsaturated/α-hetero) is 1. The lowest BCUT2D eigenvalue weighted by molar-refractivity contribution is -0.128. The minimum Gasteiger partial charge on any atom is -0.497 e. The van der Waals surface area contributed by atoms with Crippen LogP contribution in [0.5, 0.6) is 5.75 Å². The van der Waals surface area contributed by atoms with Gasteiger partial charge in [0.2, 0.25) is 5.91 Å². The van der Waals surface area contributed by atoms with Gasteiger partial charge in [0.25, 0.3) is 0 Å². The average Bonchev–Trinajstić information content (AvgIpc) is 2.99. The third-order valence-corrected chi connectivity index (χ3v) is 5.82. The molecule has 3 rings (SSSR count). The summed E-state index contributed by atoms with van der Waals surface area (Å²) in [5, 5.41) is 2.97. The van der Waals surface area contributed by atoms with Crippen molar-refractivity contribution >= 4 is 11.7 Å². The lowest BCUT2D eigenvalue weighted by atomic mass is 10.0. The lowest BCUT2D eigenvalue weighted by Gasteiger charge is -2.30. The smallest absolute Gasteiger partial charge is 0.234 e. The van der Waals surface area contributed by atoms with Gasteiger partial charge in [-0.3, -0.25) is 14.5 Å². The fraction of sp³-hybridized carbons (Fsp3) is 0.440. The summed E-state index contributed by atoms with van der Waals surface area (Å²) < 4.78 is 5.28. The molecule has 30 heavy (non-hydrogen) atoms. The Morgan fingerprint density at radius 1 is 1.07 bits per heavy atom. The maximum absolute atomic E-state index is 12.9. The minimum atomic E-state index is -0.494. The van der Waals surface area contributed by atoms with E-state index in [0.717, 1.165) is 37.1 Å². The Balaban J connectivity index is 1.67. The molecule has 2 aromatic rings. The molecule has 1 amide bonds. The van der Waals surface area contributed by atoms with E-state index >= 15 is 0 Å². The summed E-state index contributed by atoms with van der Waals surface area (Å²) in [6.07, 6.45) is 4.96. The van der Waals surface area contributed by atoms with Crippen molar-refractivity contribution in [2.24, 2.45) is 0 Å². The molecule has 2 aromatic carbocycles. The van der Waals surface area contributed by atoms with Crippen LogP contribution in [0.4, 0.5) is 0 Å². The largest absolute Gasteiger partial charge is 0.497 e. The number of rotatable bonds is 8. The van der Waals surface area contributed by atoms with Gasteiger partial charge in [0.1, 0.15) is 5.75 Å². The molecule has 2 atom stereocenters. The molecule has 0 radical (unpaired) electrons.